The molecule has 3 N–H and O–H groups in total. The maximum Gasteiger partial charge on any atom is 0.325 e. The Bertz CT molecular complexity index is 1590. The van der Waals surface area contributed by atoms with Crippen LogP contribution in [0.5, 0.6) is 0 Å². The maximum atomic E-state index is 12.2. The molecule has 1 fully saturated rings. The standard InChI is InChI=1S/C36H39N3O6S/c1-3-43-33(41)21-39-36(42)38-20-26-8-6-9-28(18-26)29-10-7-11-30(19-29)35-44-31(23-46-32-12-4-5-17-37-32)24(2)34(45-35)27-15-13-25(22-40)14-16-27/h4-19,24,31,34-35,40H,3,20-23H2,1-2H3,(H2,38,39,42)/t24-,31+,34+,35+/m1/s1. The molecule has 4 atom stereocenters. The summed E-state index contributed by atoms with van der Waals surface area (Å²) in [6.45, 7) is 4.23. The molecule has 1 saturated heterocycles. The Kier molecular flexibility index (Phi) is 11.8. The van der Waals surface area contributed by atoms with Crippen LogP contribution in [0.2, 0.25) is 0 Å². The number of aliphatic hydroxyl groups excluding tert-OH is 1. The molecule has 46 heavy (non-hydrogen) atoms. The van der Waals surface area contributed by atoms with E-state index in [0.29, 0.717) is 12.3 Å². The SMILES string of the molecule is CCOC(=O)CNC(=O)NCc1cccc(-c2cccc([C@H]3O[C@@H](CSc4ccccn4)[C@@H](C)[C@@H](c4ccc(CO)cc4)O3)c2)c1. The number of benzene rings is 3. The fourth-order valence-electron chi connectivity index (χ4n) is 5.24. The van der Waals surface area contributed by atoms with E-state index in [9.17, 15) is 14.7 Å². The van der Waals surface area contributed by atoms with Crippen LogP contribution >= 0.6 is 11.8 Å². The molecule has 4 aromatic rings. The molecule has 9 nitrogen and oxygen atoms in total. The van der Waals surface area contributed by atoms with Gasteiger partial charge in [-0.2, -0.15) is 0 Å². The Balaban J connectivity index is 1.32. The molecule has 0 unspecified atom stereocenters. The van der Waals surface area contributed by atoms with E-state index in [1.807, 2.05) is 84.9 Å². The van der Waals surface area contributed by atoms with Crippen molar-refractivity contribution in [1.82, 2.24) is 15.6 Å². The van der Waals surface area contributed by atoms with Crippen LogP contribution in [0.15, 0.2) is 102 Å². The Morgan fingerprint density at radius 2 is 1.67 bits per heavy atom. The molecule has 0 bridgehead atoms. The van der Waals surface area contributed by atoms with Crippen LogP contribution in [0.4, 0.5) is 4.79 Å². The summed E-state index contributed by atoms with van der Waals surface area (Å²) in [7, 11) is 0. The molecule has 240 valence electrons. The second-order valence-corrected chi connectivity index (χ2v) is 12.0. The van der Waals surface area contributed by atoms with E-state index < -0.39 is 18.3 Å². The van der Waals surface area contributed by atoms with Gasteiger partial charge in [0.1, 0.15) is 6.54 Å². The van der Waals surface area contributed by atoms with Gasteiger partial charge in [-0.25, -0.2) is 9.78 Å². The number of hydrogen-bond donors (Lipinski definition) is 3. The zero-order valence-electron chi connectivity index (χ0n) is 25.9. The smallest absolute Gasteiger partial charge is 0.325 e. The fraction of sp³-hybridized carbons (Fsp3) is 0.306. The van der Waals surface area contributed by atoms with Crippen LogP contribution < -0.4 is 10.6 Å². The summed E-state index contributed by atoms with van der Waals surface area (Å²) in [5.41, 5.74) is 5.66. The largest absolute Gasteiger partial charge is 0.465 e. The normalized spacial score (nSPS) is 19.3. The molecule has 1 aliphatic heterocycles. The Hall–Kier alpha value is -4.22. The first kappa shape index (κ1) is 33.2. The second-order valence-electron chi connectivity index (χ2n) is 11.0. The zero-order valence-corrected chi connectivity index (χ0v) is 26.7. The quantitative estimate of drug-likeness (QED) is 0.124. The lowest BCUT2D eigenvalue weighted by Crippen LogP contribution is -2.38. The predicted octanol–water partition coefficient (Wildman–Crippen LogP) is 6.19. The van der Waals surface area contributed by atoms with Gasteiger partial charge in [-0.05, 0) is 59.0 Å². The minimum Gasteiger partial charge on any atom is -0.465 e. The number of esters is 1. The Morgan fingerprint density at radius 3 is 2.41 bits per heavy atom. The first-order chi connectivity index (χ1) is 22.4. The molecular weight excluding hydrogens is 602 g/mol. The maximum absolute atomic E-state index is 12.2. The summed E-state index contributed by atoms with van der Waals surface area (Å²) >= 11 is 1.66. The van der Waals surface area contributed by atoms with Crippen molar-refractivity contribution in [3.63, 3.8) is 0 Å². The number of aliphatic hydroxyl groups is 1. The molecule has 2 heterocycles. The molecule has 3 aromatic carbocycles. The molecular formula is C36H39N3O6S. The highest BCUT2D eigenvalue weighted by Gasteiger charge is 2.38. The van der Waals surface area contributed by atoms with Gasteiger partial charge in [0.2, 0.25) is 0 Å². The van der Waals surface area contributed by atoms with Crippen molar-refractivity contribution < 1.29 is 28.9 Å². The number of rotatable bonds is 12. The lowest BCUT2D eigenvalue weighted by atomic mass is 9.91. The molecule has 5 rings (SSSR count). The molecule has 2 amide bonds. The van der Waals surface area contributed by atoms with E-state index in [4.69, 9.17) is 14.2 Å². The van der Waals surface area contributed by atoms with Gasteiger partial charge in [0.15, 0.2) is 6.29 Å². The van der Waals surface area contributed by atoms with Gasteiger partial charge in [-0.1, -0.05) is 73.7 Å². The van der Waals surface area contributed by atoms with Crippen LogP contribution in [-0.4, -0.2) is 47.1 Å². The minimum absolute atomic E-state index is 0.0107. The number of nitrogens with one attached hydrogen (secondary N) is 2. The summed E-state index contributed by atoms with van der Waals surface area (Å²) < 4.78 is 18.1. The number of carbonyl (C=O) groups is 2. The number of aromatic nitrogens is 1. The third kappa shape index (κ3) is 8.95. The van der Waals surface area contributed by atoms with Gasteiger partial charge < -0.3 is 30.0 Å². The van der Waals surface area contributed by atoms with Crippen molar-refractivity contribution in [3.05, 3.63) is 119 Å². The van der Waals surface area contributed by atoms with Gasteiger partial charge in [-0.15, -0.1) is 11.8 Å². The number of pyridine rings is 1. The lowest BCUT2D eigenvalue weighted by molar-refractivity contribution is -0.268. The van der Waals surface area contributed by atoms with E-state index in [2.05, 4.69) is 28.6 Å². The van der Waals surface area contributed by atoms with Gasteiger partial charge in [-0.3, -0.25) is 4.79 Å². The van der Waals surface area contributed by atoms with Crippen molar-refractivity contribution in [1.29, 1.82) is 0 Å². The Labute approximate surface area is 273 Å². The number of nitrogens with zero attached hydrogens (tertiary/aromatic N) is 1. The van der Waals surface area contributed by atoms with E-state index in [1.54, 1.807) is 24.9 Å². The molecule has 0 saturated carbocycles. The van der Waals surface area contributed by atoms with Gasteiger partial charge in [0.25, 0.3) is 0 Å². The summed E-state index contributed by atoms with van der Waals surface area (Å²) in [5, 5.41) is 15.8. The summed E-state index contributed by atoms with van der Waals surface area (Å²) in [5.74, 6) is 0.296. The monoisotopic (exact) mass is 641 g/mol. The summed E-state index contributed by atoms with van der Waals surface area (Å²) in [6.07, 6.45) is 0.874. The van der Waals surface area contributed by atoms with Gasteiger partial charge in [0, 0.05) is 30.0 Å². The van der Waals surface area contributed by atoms with E-state index in [-0.39, 0.29) is 37.9 Å². The number of carbonyl (C=O) groups excluding carboxylic acids is 2. The molecule has 0 spiro atoms. The molecule has 1 aliphatic rings. The summed E-state index contributed by atoms with van der Waals surface area (Å²) in [4.78, 5) is 28.1. The number of hydrogen-bond acceptors (Lipinski definition) is 8. The van der Waals surface area contributed by atoms with Crippen molar-refractivity contribution in [3.8, 4) is 11.1 Å². The molecule has 10 heteroatoms. The van der Waals surface area contributed by atoms with Crippen molar-refractivity contribution in [2.45, 2.75) is 50.5 Å². The lowest BCUT2D eigenvalue weighted by Gasteiger charge is -2.41. The van der Waals surface area contributed by atoms with Gasteiger partial charge >= 0.3 is 12.0 Å². The van der Waals surface area contributed by atoms with E-state index >= 15 is 0 Å². The van der Waals surface area contributed by atoms with E-state index in [1.165, 1.54) is 0 Å². The highest BCUT2D eigenvalue weighted by molar-refractivity contribution is 7.99. The average molecular weight is 642 g/mol. The second kappa shape index (κ2) is 16.4. The van der Waals surface area contributed by atoms with Crippen LogP contribution in [0, 0.1) is 5.92 Å². The number of amides is 2. The first-order valence-corrected chi connectivity index (χ1v) is 16.3. The van der Waals surface area contributed by atoms with Crippen molar-refractivity contribution >= 4 is 23.8 Å². The van der Waals surface area contributed by atoms with Crippen LogP contribution in [0.3, 0.4) is 0 Å². The Morgan fingerprint density at radius 1 is 0.891 bits per heavy atom. The highest BCUT2D eigenvalue weighted by Crippen LogP contribution is 2.43. The molecule has 0 aliphatic carbocycles. The van der Waals surface area contributed by atoms with Crippen molar-refractivity contribution in [2.24, 2.45) is 5.92 Å². The van der Waals surface area contributed by atoms with Crippen LogP contribution in [0.1, 0.15) is 48.5 Å². The van der Waals surface area contributed by atoms with E-state index in [0.717, 1.165) is 38.4 Å². The first-order valence-electron chi connectivity index (χ1n) is 15.3. The topological polar surface area (TPSA) is 119 Å². The third-order valence-electron chi connectivity index (χ3n) is 7.73. The minimum atomic E-state index is -0.596. The zero-order chi connectivity index (χ0) is 32.3. The number of urea groups is 1. The average Bonchev–Trinajstić information content (AvgIpc) is 3.10. The van der Waals surface area contributed by atoms with Gasteiger partial charge in [0.05, 0.1) is 30.4 Å². The fourth-order valence-corrected chi connectivity index (χ4v) is 6.27. The molecule has 1 aromatic heterocycles. The van der Waals surface area contributed by atoms with Crippen LogP contribution in [-0.2, 0) is 32.2 Å². The third-order valence-corrected chi connectivity index (χ3v) is 8.76. The van der Waals surface area contributed by atoms with Crippen molar-refractivity contribution in [2.75, 3.05) is 18.9 Å². The molecule has 0 radical (unpaired) electrons. The number of thioether (sulfide) groups is 1. The highest BCUT2D eigenvalue weighted by atomic mass is 32.2. The number of ether oxygens (including phenoxy) is 3. The van der Waals surface area contributed by atoms with Crippen LogP contribution in [0.25, 0.3) is 11.1 Å². The predicted molar refractivity (Wildman–Crippen MR) is 177 cm³/mol. The summed E-state index contributed by atoms with van der Waals surface area (Å²) in [6, 6.07) is 29.4.